The Balaban J connectivity index is 1.70. The maximum absolute atomic E-state index is 13.8. The van der Waals surface area contributed by atoms with Crippen molar-refractivity contribution >= 4 is 38.3 Å². The Morgan fingerprint density at radius 1 is 1.12 bits per heavy atom. The van der Waals surface area contributed by atoms with Crippen molar-refractivity contribution in [2.75, 3.05) is 23.3 Å². The summed E-state index contributed by atoms with van der Waals surface area (Å²) < 4.78 is 76.1. The lowest BCUT2D eigenvalue weighted by atomic mass is 9.96. The fraction of sp³-hybridized carbons (Fsp3) is 0.286. The number of nitrogens with zero attached hydrogens (tertiary/aromatic N) is 3. The van der Waals surface area contributed by atoms with Gasteiger partial charge in [0, 0.05) is 36.4 Å². The van der Waals surface area contributed by atoms with E-state index in [4.69, 9.17) is 5.14 Å². The number of piperidine rings is 1. The summed E-state index contributed by atoms with van der Waals surface area (Å²) in [5.41, 5.74) is 0.439. The zero-order chi connectivity index (χ0) is 24.7. The number of anilines is 2. The van der Waals surface area contributed by atoms with Gasteiger partial charge in [0.1, 0.15) is 11.6 Å². The maximum Gasteiger partial charge on any atom is 0.391 e. The third kappa shape index (κ3) is 5.09. The highest BCUT2D eigenvalue weighted by Crippen LogP contribution is 2.36. The predicted octanol–water partition coefficient (Wildman–Crippen LogP) is 3.45. The third-order valence-corrected chi connectivity index (χ3v) is 6.35. The standard InChI is InChI=1S/C21H19F4N5O3S/c22-14-1-2-17-12(9-14)10-16(19(29-17)30-7-4-13(5-8-30)21(23,24)25)20(31)28-15-3-6-27-18(11-15)34(26,32)33/h1-3,6,9-11,13H,4-5,7-8H2,(H2,26,32,33)(H,27,28,31). The number of hydrogen-bond donors (Lipinski definition) is 2. The van der Waals surface area contributed by atoms with Crippen LogP contribution in [0.25, 0.3) is 10.9 Å². The van der Waals surface area contributed by atoms with Crippen LogP contribution < -0.4 is 15.4 Å². The molecule has 180 valence electrons. The van der Waals surface area contributed by atoms with E-state index in [1.54, 1.807) is 4.90 Å². The second kappa shape index (κ2) is 8.80. The Morgan fingerprint density at radius 2 is 1.82 bits per heavy atom. The zero-order valence-corrected chi connectivity index (χ0v) is 18.3. The Kier molecular flexibility index (Phi) is 6.16. The Bertz CT molecular complexity index is 1360. The van der Waals surface area contributed by atoms with E-state index in [9.17, 15) is 30.8 Å². The monoisotopic (exact) mass is 497 g/mol. The summed E-state index contributed by atoms with van der Waals surface area (Å²) in [6.07, 6.45) is -3.47. The largest absolute Gasteiger partial charge is 0.391 e. The van der Waals surface area contributed by atoms with Gasteiger partial charge in [-0.05, 0) is 43.2 Å². The molecular weight excluding hydrogens is 478 g/mol. The smallest absolute Gasteiger partial charge is 0.356 e. The van der Waals surface area contributed by atoms with Gasteiger partial charge in [-0.1, -0.05) is 0 Å². The van der Waals surface area contributed by atoms with Crippen molar-refractivity contribution in [3.05, 3.63) is 54.0 Å². The lowest BCUT2D eigenvalue weighted by Gasteiger charge is -2.34. The van der Waals surface area contributed by atoms with Gasteiger partial charge in [0.15, 0.2) is 5.03 Å². The summed E-state index contributed by atoms with van der Waals surface area (Å²) in [5, 5.41) is 7.45. The molecule has 3 heterocycles. The van der Waals surface area contributed by atoms with Crippen molar-refractivity contribution < 1.29 is 30.8 Å². The van der Waals surface area contributed by atoms with Gasteiger partial charge in [-0.15, -0.1) is 0 Å². The topological polar surface area (TPSA) is 118 Å². The van der Waals surface area contributed by atoms with Gasteiger partial charge in [0.25, 0.3) is 15.9 Å². The van der Waals surface area contributed by atoms with Crippen LogP contribution in [0.15, 0.2) is 47.6 Å². The van der Waals surface area contributed by atoms with E-state index < -0.39 is 38.9 Å². The molecule has 0 bridgehead atoms. The van der Waals surface area contributed by atoms with Crippen molar-refractivity contribution in [3.63, 3.8) is 0 Å². The molecule has 1 aliphatic rings. The molecule has 8 nitrogen and oxygen atoms in total. The van der Waals surface area contributed by atoms with E-state index in [0.29, 0.717) is 10.9 Å². The molecule has 0 aliphatic carbocycles. The Labute approximate surface area is 191 Å². The number of nitrogens with two attached hydrogens (primary N) is 1. The minimum atomic E-state index is -4.30. The second-order valence-corrected chi connectivity index (χ2v) is 9.39. The van der Waals surface area contributed by atoms with E-state index >= 15 is 0 Å². The number of benzene rings is 1. The van der Waals surface area contributed by atoms with Crippen LogP contribution in [0.1, 0.15) is 23.2 Å². The zero-order valence-electron chi connectivity index (χ0n) is 17.5. The molecule has 1 aromatic carbocycles. The second-order valence-electron chi connectivity index (χ2n) is 7.88. The maximum atomic E-state index is 13.8. The first-order valence-corrected chi connectivity index (χ1v) is 11.7. The number of aromatic nitrogens is 2. The molecule has 0 unspecified atom stereocenters. The number of rotatable bonds is 4. The Morgan fingerprint density at radius 3 is 2.47 bits per heavy atom. The van der Waals surface area contributed by atoms with Crippen molar-refractivity contribution in [1.29, 1.82) is 0 Å². The number of alkyl halides is 3. The van der Waals surface area contributed by atoms with E-state index in [-0.39, 0.29) is 43.0 Å². The van der Waals surface area contributed by atoms with Gasteiger partial charge >= 0.3 is 6.18 Å². The molecule has 34 heavy (non-hydrogen) atoms. The highest BCUT2D eigenvalue weighted by molar-refractivity contribution is 7.89. The fourth-order valence-corrected chi connectivity index (χ4v) is 4.30. The lowest BCUT2D eigenvalue weighted by molar-refractivity contribution is -0.179. The van der Waals surface area contributed by atoms with E-state index in [0.717, 1.165) is 12.3 Å². The van der Waals surface area contributed by atoms with Crippen LogP contribution in [0, 0.1) is 11.7 Å². The number of hydrogen-bond acceptors (Lipinski definition) is 6. The first kappa shape index (κ1) is 23.8. The number of fused-ring (bicyclic) bond motifs is 1. The number of carbonyl (C=O) groups excluding carboxylic acids is 1. The molecule has 1 fully saturated rings. The molecule has 1 saturated heterocycles. The van der Waals surface area contributed by atoms with Crippen molar-refractivity contribution in [1.82, 2.24) is 9.97 Å². The predicted molar refractivity (Wildman–Crippen MR) is 116 cm³/mol. The summed E-state index contributed by atoms with van der Waals surface area (Å²) in [4.78, 5) is 22.8. The van der Waals surface area contributed by atoms with Gasteiger partial charge in [-0.25, -0.2) is 27.9 Å². The highest BCUT2D eigenvalue weighted by atomic mass is 32.2. The first-order chi connectivity index (χ1) is 15.9. The average molecular weight is 497 g/mol. The number of pyridine rings is 2. The average Bonchev–Trinajstić information content (AvgIpc) is 2.77. The molecule has 0 radical (unpaired) electrons. The Hall–Kier alpha value is -3.32. The summed E-state index contributed by atoms with van der Waals surface area (Å²) in [5.74, 6) is -2.55. The number of nitrogens with one attached hydrogen (secondary N) is 1. The van der Waals surface area contributed by atoms with Crippen LogP contribution in [0.3, 0.4) is 0 Å². The molecule has 4 rings (SSSR count). The van der Waals surface area contributed by atoms with E-state index in [1.807, 2.05) is 0 Å². The molecule has 13 heteroatoms. The van der Waals surface area contributed by atoms with Crippen molar-refractivity contribution in [2.24, 2.45) is 11.1 Å². The SMILES string of the molecule is NS(=O)(=O)c1cc(NC(=O)c2cc3cc(F)ccc3nc2N2CCC(C(F)(F)F)CC2)ccn1. The van der Waals surface area contributed by atoms with Gasteiger partial charge in [0.05, 0.1) is 17.0 Å². The molecular formula is C21H19F4N5O3S. The molecule has 3 aromatic rings. The summed E-state index contributed by atoms with van der Waals surface area (Å²) in [6, 6.07) is 7.60. The van der Waals surface area contributed by atoms with Crippen LogP contribution in [-0.4, -0.2) is 43.6 Å². The van der Waals surface area contributed by atoms with Crippen LogP contribution in [0.5, 0.6) is 0 Å². The van der Waals surface area contributed by atoms with Gasteiger partial charge in [-0.2, -0.15) is 13.2 Å². The minimum absolute atomic E-state index is 0.00229. The quantitative estimate of drug-likeness (QED) is 0.533. The molecule has 0 saturated carbocycles. The van der Waals surface area contributed by atoms with Crippen LogP contribution in [0.2, 0.25) is 0 Å². The summed E-state index contributed by atoms with van der Waals surface area (Å²) >= 11 is 0. The molecule has 0 atom stereocenters. The lowest BCUT2D eigenvalue weighted by Crippen LogP contribution is -2.40. The number of amides is 1. The number of sulfonamides is 1. The van der Waals surface area contributed by atoms with Crippen LogP contribution in [-0.2, 0) is 10.0 Å². The third-order valence-electron chi connectivity index (χ3n) is 5.54. The van der Waals surface area contributed by atoms with Crippen LogP contribution in [0.4, 0.5) is 29.1 Å². The molecule has 1 amide bonds. The van der Waals surface area contributed by atoms with Crippen molar-refractivity contribution in [3.8, 4) is 0 Å². The molecule has 2 aromatic heterocycles. The van der Waals surface area contributed by atoms with Crippen molar-refractivity contribution in [2.45, 2.75) is 24.0 Å². The van der Waals surface area contributed by atoms with E-state index in [2.05, 4.69) is 15.3 Å². The molecule has 3 N–H and O–H groups in total. The number of carbonyl (C=O) groups is 1. The summed E-state index contributed by atoms with van der Waals surface area (Å²) in [7, 11) is -4.12. The normalized spacial score (nSPS) is 15.5. The minimum Gasteiger partial charge on any atom is -0.356 e. The molecule has 1 aliphatic heterocycles. The number of primary sulfonamides is 1. The highest BCUT2D eigenvalue weighted by Gasteiger charge is 2.41. The summed E-state index contributed by atoms with van der Waals surface area (Å²) in [6.45, 7) is 0.0456. The first-order valence-electron chi connectivity index (χ1n) is 10.1. The van der Waals surface area contributed by atoms with Gasteiger partial charge in [0.2, 0.25) is 0 Å². The van der Waals surface area contributed by atoms with E-state index in [1.165, 1.54) is 30.3 Å². The fourth-order valence-electron chi connectivity index (χ4n) is 3.81. The van der Waals surface area contributed by atoms with Gasteiger partial charge < -0.3 is 10.2 Å². The molecule has 0 spiro atoms. The van der Waals surface area contributed by atoms with Gasteiger partial charge in [-0.3, -0.25) is 4.79 Å². The van der Waals surface area contributed by atoms with Crippen LogP contribution >= 0.6 is 0 Å². The number of halogens is 4.